The fourth-order valence-corrected chi connectivity index (χ4v) is 3.83. The molecule has 2 atom stereocenters. The number of carbonyl (C=O) groups is 1. The van der Waals surface area contributed by atoms with E-state index in [0.717, 1.165) is 17.7 Å². The zero-order valence-electron chi connectivity index (χ0n) is 13.5. The van der Waals surface area contributed by atoms with E-state index in [0.29, 0.717) is 29.8 Å². The lowest BCUT2D eigenvalue weighted by Crippen LogP contribution is -2.50. The number of oxazole rings is 1. The van der Waals surface area contributed by atoms with Gasteiger partial charge < -0.3 is 14.4 Å². The third-order valence-corrected chi connectivity index (χ3v) is 5.42. The van der Waals surface area contributed by atoms with Gasteiger partial charge in [-0.15, -0.1) is 11.3 Å². The first kappa shape index (κ1) is 16.2. The lowest BCUT2D eigenvalue weighted by molar-refractivity contribution is -0.136. The van der Waals surface area contributed by atoms with Crippen molar-refractivity contribution in [3.63, 3.8) is 0 Å². The van der Waals surface area contributed by atoms with Crippen molar-refractivity contribution in [2.45, 2.75) is 39.2 Å². The SMILES string of the molecule is Cc1oc(-c2cccs2)nc1CC(=O)N1CCCC(C)C1CO. The summed E-state index contributed by atoms with van der Waals surface area (Å²) in [4.78, 5) is 19.9. The van der Waals surface area contributed by atoms with E-state index < -0.39 is 0 Å². The Kier molecular flexibility index (Phi) is 4.82. The molecule has 0 radical (unpaired) electrons. The molecule has 2 aromatic heterocycles. The summed E-state index contributed by atoms with van der Waals surface area (Å²) in [5.41, 5.74) is 0.688. The van der Waals surface area contributed by atoms with E-state index in [1.165, 1.54) is 0 Å². The number of piperidine rings is 1. The van der Waals surface area contributed by atoms with Gasteiger partial charge in [0.05, 0.1) is 29.6 Å². The number of aromatic nitrogens is 1. The van der Waals surface area contributed by atoms with E-state index in [9.17, 15) is 9.90 Å². The number of hydrogen-bond donors (Lipinski definition) is 1. The maximum Gasteiger partial charge on any atom is 0.236 e. The predicted molar refractivity (Wildman–Crippen MR) is 89.2 cm³/mol. The summed E-state index contributed by atoms with van der Waals surface area (Å²) in [6, 6.07) is 3.82. The third kappa shape index (κ3) is 3.33. The minimum absolute atomic E-state index is 0.0183. The Labute approximate surface area is 140 Å². The molecule has 5 nitrogen and oxygen atoms in total. The number of nitrogens with zero attached hydrogens (tertiary/aromatic N) is 2. The Morgan fingerprint density at radius 1 is 1.57 bits per heavy atom. The maximum absolute atomic E-state index is 12.7. The van der Waals surface area contributed by atoms with Crippen molar-refractivity contribution in [2.24, 2.45) is 5.92 Å². The van der Waals surface area contributed by atoms with Crippen molar-refractivity contribution in [3.8, 4) is 10.8 Å². The summed E-state index contributed by atoms with van der Waals surface area (Å²) in [5.74, 6) is 1.61. The molecule has 1 N–H and O–H groups in total. The molecule has 6 heteroatoms. The fourth-order valence-electron chi connectivity index (χ4n) is 3.18. The number of likely N-dealkylation sites (tertiary alicyclic amines) is 1. The molecule has 0 aliphatic carbocycles. The number of carbonyl (C=O) groups excluding carboxylic acids is 1. The number of thiophene rings is 1. The average Bonchev–Trinajstić information content (AvgIpc) is 3.17. The Morgan fingerprint density at radius 2 is 2.39 bits per heavy atom. The quantitative estimate of drug-likeness (QED) is 0.933. The Balaban J connectivity index is 1.75. The summed E-state index contributed by atoms with van der Waals surface area (Å²) < 4.78 is 5.70. The van der Waals surface area contributed by atoms with Gasteiger partial charge in [-0.05, 0) is 37.1 Å². The lowest BCUT2D eigenvalue weighted by atomic mass is 9.91. The van der Waals surface area contributed by atoms with E-state index in [1.54, 1.807) is 11.3 Å². The van der Waals surface area contributed by atoms with E-state index in [-0.39, 0.29) is 25.0 Å². The van der Waals surface area contributed by atoms with E-state index >= 15 is 0 Å². The Morgan fingerprint density at radius 3 is 3.09 bits per heavy atom. The summed E-state index contributed by atoms with van der Waals surface area (Å²) in [6.07, 6.45) is 2.27. The van der Waals surface area contributed by atoms with Crippen LogP contribution in [-0.4, -0.2) is 40.1 Å². The van der Waals surface area contributed by atoms with Gasteiger partial charge >= 0.3 is 0 Å². The molecule has 23 heavy (non-hydrogen) atoms. The van der Waals surface area contributed by atoms with Gasteiger partial charge in [0.25, 0.3) is 0 Å². The van der Waals surface area contributed by atoms with E-state index in [1.807, 2.05) is 29.3 Å². The number of amides is 1. The first-order valence-corrected chi connectivity index (χ1v) is 8.88. The standard InChI is InChI=1S/C17H22N2O3S/c1-11-5-3-7-19(14(11)10-20)16(21)9-13-12(2)22-17(18-13)15-6-4-8-23-15/h4,6,8,11,14,20H,3,5,7,9-10H2,1-2H3. The summed E-state index contributed by atoms with van der Waals surface area (Å²) in [5, 5.41) is 11.6. The predicted octanol–water partition coefficient (Wildman–Crippen LogP) is 2.87. The van der Waals surface area contributed by atoms with Gasteiger partial charge in [-0.25, -0.2) is 4.98 Å². The highest BCUT2D eigenvalue weighted by Gasteiger charge is 2.31. The molecule has 1 aliphatic heterocycles. The number of rotatable bonds is 4. The van der Waals surface area contributed by atoms with E-state index in [2.05, 4.69) is 11.9 Å². The van der Waals surface area contributed by atoms with Gasteiger partial charge in [-0.1, -0.05) is 13.0 Å². The minimum Gasteiger partial charge on any atom is -0.440 e. The smallest absolute Gasteiger partial charge is 0.236 e. The fraction of sp³-hybridized carbons (Fsp3) is 0.529. The van der Waals surface area contributed by atoms with Crippen LogP contribution < -0.4 is 0 Å². The molecular weight excluding hydrogens is 312 g/mol. The van der Waals surface area contributed by atoms with Crippen LogP contribution in [0.4, 0.5) is 0 Å². The monoisotopic (exact) mass is 334 g/mol. The first-order chi connectivity index (χ1) is 11.1. The van der Waals surface area contributed by atoms with Crippen LogP contribution in [0.25, 0.3) is 10.8 Å². The average molecular weight is 334 g/mol. The van der Waals surface area contributed by atoms with Gasteiger partial charge in [0.1, 0.15) is 5.76 Å². The second kappa shape index (κ2) is 6.84. The summed E-state index contributed by atoms with van der Waals surface area (Å²) in [7, 11) is 0. The number of aliphatic hydroxyl groups excluding tert-OH is 1. The van der Waals surface area contributed by atoms with Crippen molar-refractivity contribution in [1.29, 1.82) is 0 Å². The van der Waals surface area contributed by atoms with Gasteiger partial charge in [-0.2, -0.15) is 0 Å². The van der Waals surface area contributed by atoms with Crippen molar-refractivity contribution < 1.29 is 14.3 Å². The van der Waals surface area contributed by atoms with E-state index in [4.69, 9.17) is 4.42 Å². The van der Waals surface area contributed by atoms with Gasteiger partial charge in [0, 0.05) is 6.54 Å². The molecule has 3 heterocycles. The van der Waals surface area contributed by atoms with Crippen LogP contribution in [0.2, 0.25) is 0 Å². The second-order valence-electron chi connectivity index (χ2n) is 6.13. The highest BCUT2D eigenvalue weighted by atomic mass is 32.1. The molecule has 1 aliphatic rings. The van der Waals surface area contributed by atoms with Crippen molar-refractivity contribution >= 4 is 17.2 Å². The Bertz CT molecular complexity index is 665. The molecule has 0 bridgehead atoms. The molecule has 1 amide bonds. The van der Waals surface area contributed by atoms with Gasteiger partial charge in [0.15, 0.2) is 0 Å². The molecular formula is C17H22N2O3S. The number of hydrogen-bond acceptors (Lipinski definition) is 5. The van der Waals surface area contributed by atoms with Crippen molar-refractivity contribution in [3.05, 3.63) is 29.0 Å². The first-order valence-electron chi connectivity index (χ1n) is 8.00. The highest BCUT2D eigenvalue weighted by Crippen LogP contribution is 2.27. The molecule has 1 saturated heterocycles. The normalized spacial score (nSPS) is 21.6. The van der Waals surface area contributed by atoms with Crippen LogP contribution >= 0.6 is 11.3 Å². The van der Waals surface area contributed by atoms with Crippen LogP contribution in [0.15, 0.2) is 21.9 Å². The van der Waals surface area contributed by atoms with Crippen LogP contribution in [0.5, 0.6) is 0 Å². The summed E-state index contributed by atoms with van der Waals surface area (Å²) >= 11 is 1.56. The van der Waals surface area contributed by atoms with Crippen LogP contribution in [0.1, 0.15) is 31.2 Å². The van der Waals surface area contributed by atoms with Crippen molar-refractivity contribution in [2.75, 3.05) is 13.2 Å². The van der Waals surface area contributed by atoms with Gasteiger partial charge in [0.2, 0.25) is 11.8 Å². The zero-order chi connectivity index (χ0) is 16.4. The molecule has 0 spiro atoms. The molecule has 1 fully saturated rings. The lowest BCUT2D eigenvalue weighted by Gasteiger charge is -2.39. The topological polar surface area (TPSA) is 66.6 Å². The van der Waals surface area contributed by atoms with Crippen molar-refractivity contribution in [1.82, 2.24) is 9.88 Å². The number of aliphatic hydroxyl groups is 1. The maximum atomic E-state index is 12.7. The second-order valence-corrected chi connectivity index (χ2v) is 7.08. The van der Waals surface area contributed by atoms with Crippen LogP contribution in [-0.2, 0) is 11.2 Å². The highest BCUT2D eigenvalue weighted by molar-refractivity contribution is 7.13. The largest absolute Gasteiger partial charge is 0.440 e. The van der Waals surface area contributed by atoms with Gasteiger partial charge in [-0.3, -0.25) is 4.79 Å². The molecule has 0 aromatic carbocycles. The van der Waals surface area contributed by atoms with Crippen LogP contribution in [0, 0.1) is 12.8 Å². The molecule has 3 rings (SSSR count). The molecule has 0 saturated carbocycles. The number of aryl methyl sites for hydroxylation is 1. The molecule has 2 unspecified atom stereocenters. The van der Waals surface area contributed by atoms with Crippen LogP contribution in [0.3, 0.4) is 0 Å². The Hall–Kier alpha value is -1.66. The summed E-state index contributed by atoms with van der Waals surface area (Å²) in [6.45, 7) is 4.67. The zero-order valence-corrected chi connectivity index (χ0v) is 14.3. The minimum atomic E-state index is -0.0831. The molecule has 2 aromatic rings. The third-order valence-electron chi connectivity index (χ3n) is 4.57. The molecule has 124 valence electrons.